The first-order valence-corrected chi connectivity index (χ1v) is 7.71. The van der Waals surface area contributed by atoms with E-state index in [2.05, 4.69) is 13.5 Å². The maximum atomic E-state index is 11.5. The molecule has 2 bridgehead atoms. The Morgan fingerprint density at radius 1 is 1.19 bits per heavy atom. The normalized spacial score (nSPS) is 17.0. The van der Waals surface area contributed by atoms with E-state index in [1.807, 2.05) is 24.3 Å². The van der Waals surface area contributed by atoms with Crippen LogP contribution in [0.2, 0.25) is 0 Å². The average Bonchev–Trinajstić information content (AvgIpc) is 3.14. The van der Waals surface area contributed by atoms with E-state index in [0.29, 0.717) is 5.57 Å². The van der Waals surface area contributed by atoms with Gasteiger partial charge in [0.15, 0.2) is 0 Å². The molecule has 114 valence electrons. The smallest absolute Gasteiger partial charge is 0.333 e. The van der Waals surface area contributed by atoms with Crippen molar-refractivity contribution in [2.24, 2.45) is 0 Å². The minimum atomic E-state index is -0.228. The lowest BCUT2D eigenvalue weighted by molar-refractivity contribution is -0.158. The van der Waals surface area contributed by atoms with Gasteiger partial charge in [0.2, 0.25) is 0 Å². The van der Waals surface area contributed by atoms with E-state index in [1.165, 1.54) is 19.3 Å². The predicted molar refractivity (Wildman–Crippen MR) is 84.4 cm³/mol. The van der Waals surface area contributed by atoms with Gasteiger partial charge in [-0.2, -0.15) is 0 Å². The molecule has 1 aliphatic carbocycles. The number of hydrogen-bond donors (Lipinski definition) is 0. The van der Waals surface area contributed by atoms with Crippen LogP contribution in [0.3, 0.4) is 0 Å². The van der Waals surface area contributed by atoms with Gasteiger partial charge < -0.3 is 9.15 Å². The Bertz CT molecular complexity index is 530. The molecular weight excluding hydrogens is 264 g/mol. The molecular formula is C18H24O3. The van der Waals surface area contributed by atoms with Gasteiger partial charge in [0.1, 0.15) is 16.8 Å². The Morgan fingerprint density at radius 2 is 1.71 bits per heavy atom. The van der Waals surface area contributed by atoms with Crippen molar-refractivity contribution in [2.75, 3.05) is 0 Å². The van der Waals surface area contributed by atoms with Crippen molar-refractivity contribution in [1.82, 2.24) is 0 Å². The van der Waals surface area contributed by atoms with E-state index in [1.54, 1.807) is 6.92 Å². The minimum Gasteiger partial charge on any atom is -0.457 e. The van der Waals surface area contributed by atoms with E-state index in [-0.39, 0.29) is 11.6 Å². The zero-order valence-electron chi connectivity index (χ0n) is 13.0. The fourth-order valence-corrected chi connectivity index (χ4v) is 2.72. The summed E-state index contributed by atoms with van der Waals surface area (Å²) in [6.45, 7) is 7.41. The maximum Gasteiger partial charge on any atom is 0.333 e. The third kappa shape index (κ3) is 4.10. The lowest BCUT2D eigenvalue weighted by Gasteiger charge is -2.36. The molecule has 1 aliphatic rings. The van der Waals surface area contributed by atoms with Crippen LogP contribution in [0.5, 0.6) is 0 Å². The number of ether oxygens (including phenoxy) is 1. The van der Waals surface area contributed by atoms with Crippen LogP contribution in [0.4, 0.5) is 0 Å². The third-order valence-corrected chi connectivity index (χ3v) is 4.13. The van der Waals surface area contributed by atoms with Crippen LogP contribution in [0, 0.1) is 0 Å². The molecule has 0 saturated heterocycles. The van der Waals surface area contributed by atoms with Gasteiger partial charge in [0, 0.05) is 5.57 Å². The Kier molecular flexibility index (Phi) is 5.05. The van der Waals surface area contributed by atoms with Crippen molar-refractivity contribution in [3.63, 3.8) is 0 Å². The number of esters is 1. The molecule has 2 aromatic rings. The lowest BCUT2D eigenvalue weighted by atomic mass is 9.82. The second-order valence-corrected chi connectivity index (χ2v) is 5.84. The largest absolute Gasteiger partial charge is 0.457 e. The zero-order valence-corrected chi connectivity index (χ0v) is 13.0. The molecule has 3 nitrogen and oxygen atoms in total. The summed E-state index contributed by atoms with van der Waals surface area (Å²) in [5.74, 6) is -0.228. The minimum absolute atomic E-state index is 0.186. The molecule has 0 spiro atoms. The van der Waals surface area contributed by atoms with E-state index in [0.717, 1.165) is 30.4 Å². The summed E-state index contributed by atoms with van der Waals surface area (Å²) in [6, 6.07) is 7.81. The van der Waals surface area contributed by atoms with E-state index in [9.17, 15) is 4.79 Å². The van der Waals surface area contributed by atoms with Gasteiger partial charge in [-0.1, -0.05) is 19.9 Å². The van der Waals surface area contributed by atoms with Gasteiger partial charge in [-0.25, -0.2) is 4.79 Å². The van der Waals surface area contributed by atoms with Crippen LogP contribution >= 0.6 is 0 Å². The van der Waals surface area contributed by atoms with Gasteiger partial charge in [0.25, 0.3) is 0 Å². The monoisotopic (exact) mass is 288 g/mol. The highest BCUT2D eigenvalue weighted by Gasteiger charge is 2.33. The van der Waals surface area contributed by atoms with Gasteiger partial charge >= 0.3 is 5.97 Å². The highest BCUT2D eigenvalue weighted by Crippen LogP contribution is 2.34. The fraction of sp³-hybridized carbons (Fsp3) is 0.500. The molecule has 0 atom stereocenters. The summed E-state index contributed by atoms with van der Waals surface area (Å²) < 4.78 is 10.6. The Balaban J connectivity index is 0.000000189. The SMILES string of the molecule is C=C(C)C(=O)OC1(CC)CCCCC1.c1cc2ccc1o2. The van der Waals surface area contributed by atoms with Crippen LogP contribution < -0.4 is 0 Å². The fourth-order valence-electron chi connectivity index (χ4n) is 2.72. The first kappa shape index (κ1) is 15.6. The van der Waals surface area contributed by atoms with Gasteiger partial charge in [-0.3, -0.25) is 0 Å². The quantitative estimate of drug-likeness (QED) is 0.583. The first-order chi connectivity index (χ1) is 10.0. The molecule has 3 rings (SSSR count). The molecule has 0 amide bonds. The number of rotatable bonds is 3. The molecule has 2 aromatic heterocycles. The molecule has 0 unspecified atom stereocenters. The first-order valence-electron chi connectivity index (χ1n) is 7.71. The molecule has 21 heavy (non-hydrogen) atoms. The number of carbonyl (C=O) groups excluding carboxylic acids is 1. The third-order valence-electron chi connectivity index (χ3n) is 4.13. The van der Waals surface area contributed by atoms with Crippen LogP contribution in [0.25, 0.3) is 11.2 Å². The average molecular weight is 288 g/mol. The molecule has 3 heteroatoms. The number of benzene rings is 1. The molecule has 0 radical (unpaired) electrons. The summed E-state index contributed by atoms with van der Waals surface area (Å²) in [5, 5.41) is 0. The van der Waals surface area contributed by atoms with Crippen LogP contribution in [-0.4, -0.2) is 11.6 Å². The van der Waals surface area contributed by atoms with Crippen molar-refractivity contribution in [1.29, 1.82) is 0 Å². The summed E-state index contributed by atoms with van der Waals surface area (Å²) in [4.78, 5) is 11.5. The van der Waals surface area contributed by atoms with Gasteiger partial charge in [0.05, 0.1) is 0 Å². The molecule has 2 heterocycles. The number of hydrogen-bond acceptors (Lipinski definition) is 3. The Morgan fingerprint density at radius 3 is 2.05 bits per heavy atom. The summed E-state index contributed by atoms with van der Waals surface area (Å²) >= 11 is 0. The van der Waals surface area contributed by atoms with Crippen LogP contribution in [0.15, 0.2) is 40.8 Å². The van der Waals surface area contributed by atoms with E-state index in [4.69, 9.17) is 9.15 Å². The van der Waals surface area contributed by atoms with Crippen molar-refractivity contribution >= 4 is 17.1 Å². The van der Waals surface area contributed by atoms with Crippen LogP contribution in [-0.2, 0) is 9.53 Å². The molecule has 0 aromatic carbocycles. The lowest BCUT2D eigenvalue weighted by Crippen LogP contribution is -2.36. The van der Waals surface area contributed by atoms with E-state index >= 15 is 0 Å². The van der Waals surface area contributed by atoms with Gasteiger partial charge in [-0.05, 0) is 63.3 Å². The zero-order chi connectivity index (χ0) is 15.3. The second kappa shape index (κ2) is 6.79. The topological polar surface area (TPSA) is 39.4 Å². The Hall–Kier alpha value is -1.77. The molecule has 0 aliphatic heterocycles. The summed E-state index contributed by atoms with van der Waals surface area (Å²) in [6.07, 6.45) is 6.58. The van der Waals surface area contributed by atoms with Gasteiger partial charge in [-0.15, -0.1) is 0 Å². The predicted octanol–water partition coefficient (Wildman–Crippen LogP) is 5.09. The van der Waals surface area contributed by atoms with Crippen molar-refractivity contribution in [2.45, 2.75) is 58.0 Å². The Labute approximate surface area is 126 Å². The standard InChI is InChI=1S/C12H20O2.C6H4O/c1-4-12(8-6-5-7-9-12)14-11(13)10(2)3;1-2-6-4-3-5(1)7-6/h2,4-9H2,1,3H3;1-4H. The van der Waals surface area contributed by atoms with Crippen molar-refractivity contribution in [3.05, 3.63) is 36.4 Å². The molecule has 1 fully saturated rings. The summed E-state index contributed by atoms with van der Waals surface area (Å²) in [7, 11) is 0. The number of furan rings is 2. The van der Waals surface area contributed by atoms with Crippen molar-refractivity contribution in [3.8, 4) is 0 Å². The maximum absolute atomic E-state index is 11.5. The highest BCUT2D eigenvalue weighted by atomic mass is 16.6. The number of carbonyl (C=O) groups is 1. The molecule has 1 saturated carbocycles. The molecule has 0 N–H and O–H groups in total. The van der Waals surface area contributed by atoms with Crippen molar-refractivity contribution < 1.29 is 13.9 Å². The summed E-state index contributed by atoms with van der Waals surface area (Å²) in [5.41, 5.74) is 2.25. The van der Waals surface area contributed by atoms with Crippen LogP contribution in [0.1, 0.15) is 52.4 Å². The van der Waals surface area contributed by atoms with E-state index < -0.39 is 0 Å². The number of fused-ring (bicyclic) bond motifs is 2. The second-order valence-electron chi connectivity index (χ2n) is 5.84. The highest BCUT2D eigenvalue weighted by molar-refractivity contribution is 5.87.